The van der Waals surface area contributed by atoms with E-state index in [9.17, 15) is 5.11 Å². The fourth-order valence-electron chi connectivity index (χ4n) is 1.35. The number of fused-ring (bicyclic) bond motifs is 1. The van der Waals surface area contributed by atoms with E-state index < -0.39 is 12.4 Å². The van der Waals surface area contributed by atoms with Gasteiger partial charge in [0.15, 0.2) is 0 Å². The molecule has 2 unspecified atom stereocenters. The lowest BCUT2D eigenvalue weighted by molar-refractivity contribution is -0.108. The zero-order chi connectivity index (χ0) is 8.55. The summed E-state index contributed by atoms with van der Waals surface area (Å²) in [4.78, 5) is 0. The summed E-state index contributed by atoms with van der Waals surface area (Å²) in [6.45, 7) is 0. The Kier molecular flexibility index (Phi) is 1.75. The second-order valence-corrected chi connectivity index (χ2v) is 2.70. The van der Waals surface area contributed by atoms with Gasteiger partial charge in [-0.25, -0.2) is 0 Å². The number of rotatable bonds is 1. The third-order valence-electron chi connectivity index (χ3n) is 1.97. The SMILES string of the molecule is COC1Oc2ccccc2C1O. The maximum absolute atomic E-state index is 9.59. The van der Waals surface area contributed by atoms with Crippen LogP contribution in [0.4, 0.5) is 0 Å². The van der Waals surface area contributed by atoms with Gasteiger partial charge in [0.2, 0.25) is 6.29 Å². The third kappa shape index (κ3) is 0.983. The van der Waals surface area contributed by atoms with E-state index in [0.717, 1.165) is 5.56 Å². The van der Waals surface area contributed by atoms with E-state index in [-0.39, 0.29) is 0 Å². The second kappa shape index (κ2) is 2.77. The summed E-state index contributed by atoms with van der Waals surface area (Å²) in [6.07, 6.45) is -1.21. The van der Waals surface area contributed by atoms with Gasteiger partial charge in [-0.05, 0) is 6.07 Å². The van der Waals surface area contributed by atoms with Crippen molar-refractivity contribution < 1.29 is 14.6 Å². The van der Waals surface area contributed by atoms with E-state index in [0.29, 0.717) is 5.75 Å². The van der Waals surface area contributed by atoms with Crippen LogP contribution in [0.25, 0.3) is 0 Å². The minimum atomic E-state index is -0.661. The highest BCUT2D eigenvalue weighted by molar-refractivity contribution is 5.38. The Balaban J connectivity index is 2.35. The van der Waals surface area contributed by atoms with Gasteiger partial charge in [0.1, 0.15) is 11.9 Å². The maximum atomic E-state index is 9.59. The molecule has 1 aromatic rings. The Labute approximate surface area is 70.5 Å². The smallest absolute Gasteiger partial charge is 0.230 e. The van der Waals surface area contributed by atoms with Crippen molar-refractivity contribution in [3.8, 4) is 5.75 Å². The van der Waals surface area contributed by atoms with Crippen LogP contribution in [-0.2, 0) is 4.74 Å². The molecule has 1 heterocycles. The summed E-state index contributed by atoms with van der Waals surface area (Å²) in [7, 11) is 1.51. The molecule has 1 aliphatic heterocycles. The van der Waals surface area contributed by atoms with Crippen LogP contribution in [0.3, 0.4) is 0 Å². The Morgan fingerprint density at radius 3 is 2.83 bits per heavy atom. The molecular weight excluding hydrogens is 156 g/mol. The molecule has 3 nitrogen and oxygen atoms in total. The van der Waals surface area contributed by atoms with E-state index in [4.69, 9.17) is 9.47 Å². The molecule has 0 aromatic heterocycles. The summed E-state index contributed by atoms with van der Waals surface area (Å²) in [5, 5.41) is 9.59. The minimum absolute atomic E-state index is 0.553. The van der Waals surface area contributed by atoms with E-state index in [2.05, 4.69) is 0 Å². The normalized spacial score (nSPS) is 26.5. The number of methoxy groups -OCH3 is 1. The van der Waals surface area contributed by atoms with E-state index in [1.807, 2.05) is 24.3 Å². The number of aliphatic hydroxyl groups excluding tert-OH is 1. The largest absolute Gasteiger partial charge is 0.461 e. The van der Waals surface area contributed by atoms with Crippen LogP contribution in [-0.4, -0.2) is 18.5 Å². The van der Waals surface area contributed by atoms with Crippen molar-refractivity contribution in [1.82, 2.24) is 0 Å². The number of benzene rings is 1. The molecule has 0 saturated heterocycles. The van der Waals surface area contributed by atoms with Crippen LogP contribution in [0.5, 0.6) is 5.75 Å². The highest BCUT2D eigenvalue weighted by atomic mass is 16.7. The van der Waals surface area contributed by atoms with Crippen molar-refractivity contribution in [3.63, 3.8) is 0 Å². The number of hydrogen-bond acceptors (Lipinski definition) is 3. The molecular formula is C9H10O3. The van der Waals surface area contributed by atoms with E-state index >= 15 is 0 Å². The van der Waals surface area contributed by atoms with E-state index in [1.165, 1.54) is 7.11 Å². The van der Waals surface area contributed by atoms with Gasteiger partial charge >= 0.3 is 0 Å². The molecule has 0 amide bonds. The first-order valence-electron chi connectivity index (χ1n) is 3.79. The Hall–Kier alpha value is -1.06. The summed E-state index contributed by atoms with van der Waals surface area (Å²) >= 11 is 0. The lowest BCUT2D eigenvalue weighted by Crippen LogP contribution is -2.20. The Morgan fingerprint density at radius 1 is 1.42 bits per heavy atom. The predicted octanol–water partition coefficient (Wildman–Crippen LogP) is 1.08. The molecule has 2 rings (SSSR count). The second-order valence-electron chi connectivity index (χ2n) is 2.70. The van der Waals surface area contributed by atoms with Crippen LogP contribution in [0.1, 0.15) is 11.7 Å². The first-order valence-corrected chi connectivity index (χ1v) is 3.79. The number of para-hydroxylation sites is 1. The standard InChI is InChI=1S/C9H10O3/c1-11-9-8(10)6-4-2-3-5-7(6)12-9/h2-5,8-10H,1H3. The first kappa shape index (κ1) is 7.58. The molecule has 1 aromatic carbocycles. The average molecular weight is 166 g/mol. The fourth-order valence-corrected chi connectivity index (χ4v) is 1.35. The van der Waals surface area contributed by atoms with Gasteiger partial charge in [-0.15, -0.1) is 0 Å². The minimum Gasteiger partial charge on any atom is -0.461 e. The number of ether oxygens (including phenoxy) is 2. The summed E-state index contributed by atoms with van der Waals surface area (Å²) in [5.74, 6) is 0.705. The molecule has 12 heavy (non-hydrogen) atoms. The van der Waals surface area contributed by atoms with Crippen molar-refractivity contribution in [2.24, 2.45) is 0 Å². The van der Waals surface area contributed by atoms with E-state index in [1.54, 1.807) is 0 Å². The molecule has 0 saturated carbocycles. The Bertz CT molecular complexity index is 285. The first-order chi connectivity index (χ1) is 5.83. The molecule has 0 spiro atoms. The molecule has 1 N–H and O–H groups in total. The van der Waals surface area contributed by atoms with Crippen LogP contribution in [0.2, 0.25) is 0 Å². The van der Waals surface area contributed by atoms with Crippen molar-refractivity contribution in [1.29, 1.82) is 0 Å². The molecule has 0 bridgehead atoms. The molecule has 0 fully saturated rings. The average Bonchev–Trinajstić information content (AvgIpc) is 2.44. The quantitative estimate of drug-likeness (QED) is 0.678. The van der Waals surface area contributed by atoms with Crippen LogP contribution in [0.15, 0.2) is 24.3 Å². The third-order valence-corrected chi connectivity index (χ3v) is 1.97. The van der Waals surface area contributed by atoms with Gasteiger partial charge in [-0.3, -0.25) is 0 Å². The van der Waals surface area contributed by atoms with Gasteiger partial charge < -0.3 is 14.6 Å². The van der Waals surface area contributed by atoms with Crippen molar-refractivity contribution in [2.45, 2.75) is 12.4 Å². The fraction of sp³-hybridized carbons (Fsp3) is 0.333. The van der Waals surface area contributed by atoms with Crippen molar-refractivity contribution >= 4 is 0 Å². The summed E-state index contributed by atoms with van der Waals surface area (Å²) in [5.41, 5.74) is 0.796. The van der Waals surface area contributed by atoms with Gasteiger partial charge in [0.05, 0.1) is 0 Å². The summed E-state index contributed by atoms with van der Waals surface area (Å²) in [6, 6.07) is 7.38. The van der Waals surface area contributed by atoms with Crippen LogP contribution in [0, 0.1) is 0 Å². The van der Waals surface area contributed by atoms with Gasteiger partial charge in [0, 0.05) is 12.7 Å². The number of aliphatic hydroxyl groups is 1. The van der Waals surface area contributed by atoms with Crippen molar-refractivity contribution in [3.05, 3.63) is 29.8 Å². The summed E-state index contributed by atoms with van der Waals surface area (Å²) < 4.78 is 10.2. The highest BCUT2D eigenvalue weighted by Gasteiger charge is 2.32. The lowest BCUT2D eigenvalue weighted by atomic mass is 10.1. The zero-order valence-electron chi connectivity index (χ0n) is 6.73. The maximum Gasteiger partial charge on any atom is 0.230 e. The monoisotopic (exact) mass is 166 g/mol. The molecule has 1 aliphatic rings. The molecule has 3 heteroatoms. The van der Waals surface area contributed by atoms with Crippen LogP contribution >= 0.6 is 0 Å². The number of hydrogen-bond donors (Lipinski definition) is 1. The lowest BCUT2D eigenvalue weighted by Gasteiger charge is -2.11. The van der Waals surface area contributed by atoms with Gasteiger partial charge in [-0.1, -0.05) is 18.2 Å². The van der Waals surface area contributed by atoms with Gasteiger partial charge in [0.25, 0.3) is 0 Å². The molecule has 2 atom stereocenters. The topological polar surface area (TPSA) is 38.7 Å². The molecule has 64 valence electrons. The Morgan fingerprint density at radius 2 is 2.17 bits per heavy atom. The predicted molar refractivity (Wildman–Crippen MR) is 42.8 cm³/mol. The molecule has 0 radical (unpaired) electrons. The zero-order valence-corrected chi connectivity index (χ0v) is 6.73. The van der Waals surface area contributed by atoms with Crippen LogP contribution < -0.4 is 4.74 Å². The highest BCUT2D eigenvalue weighted by Crippen LogP contribution is 2.36. The van der Waals surface area contributed by atoms with Crippen molar-refractivity contribution in [2.75, 3.05) is 7.11 Å². The van der Waals surface area contributed by atoms with Gasteiger partial charge in [-0.2, -0.15) is 0 Å². The molecule has 0 aliphatic carbocycles.